The first-order valence-electron chi connectivity index (χ1n) is 3.25. The highest BCUT2D eigenvalue weighted by Crippen LogP contribution is 2.13. The van der Waals surface area contributed by atoms with E-state index in [4.69, 9.17) is 16.2 Å². The predicted molar refractivity (Wildman–Crippen MR) is 49.8 cm³/mol. The molecule has 13 heavy (non-hydrogen) atoms. The molecule has 70 valence electrons. The van der Waals surface area contributed by atoms with Gasteiger partial charge < -0.3 is 0 Å². The van der Waals surface area contributed by atoms with Gasteiger partial charge in [0.15, 0.2) is 0 Å². The van der Waals surface area contributed by atoms with Crippen LogP contribution in [0.3, 0.4) is 0 Å². The summed E-state index contributed by atoms with van der Waals surface area (Å²) in [7, 11) is -4.11. The summed E-state index contributed by atoms with van der Waals surface area (Å²) in [5, 5.41) is 0.831. The van der Waals surface area contributed by atoms with E-state index in [1.165, 1.54) is 12.3 Å². The zero-order valence-corrected chi connectivity index (χ0v) is 7.96. The summed E-state index contributed by atoms with van der Waals surface area (Å²) < 4.78 is 29.0. The largest absolute Gasteiger partial charge is 0.287 e. The van der Waals surface area contributed by atoms with Crippen LogP contribution in [0.5, 0.6) is 0 Å². The lowest BCUT2D eigenvalue weighted by Gasteiger charge is -1.93. The Morgan fingerprint density at radius 3 is 2.77 bits per heavy atom. The fourth-order valence-electron chi connectivity index (χ4n) is 0.682. The van der Waals surface area contributed by atoms with E-state index in [1.54, 1.807) is 12.1 Å². The van der Waals surface area contributed by atoms with Crippen LogP contribution >= 0.6 is 11.6 Å². The van der Waals surface area contributed by atoms with E-state index in [1.807, 2.05) is 0 Å². The Hall–Kier alpha value is -0.910. The lowest BCUT2D eigenvalue weighted by Crippen LogP contribution is -1.89. The topological polar surface area (TPSA) is 67.3 Å². The standard InChI is InChI=1S/C7H6ClNO3S/c8-7-6(2-1-4-9-7)3-5-13(10,11)12/h1-5H,(H,10,11,12)/b5-3+. The highest BCUT2D eigenvalue weighted by atomic mass is 35.5. The molecule has 1 aromatic rings. The van der Waals surface area contributed by atoms with Crippen molar-refractivity contribution in [2.75, 3.05) is 0 Å². The summed E-state index contributed by atoms with van der Waals surface area (Å²) in [6.07, 6.45) is 2.65. The molecule has 4 nitrogen and oxygen atoms in total. The van der Waals surface area contributed by atoms with Gasteiger partial charge in [-0.25, -0.2) is 4.98 Å². The summed E-state index contributed by atoms with van der Waals surface area (Å²) in [4.78, 5) is 3.72. The Morgan fingerprint density at radius 2 is 2.23 bits per heavy atom. The van der Waals surface area contributed by atoms with Crippen LogP contribution in [0.1, 0.15) is 5.56 Å². The second-order valence-corrected chi connectivity index (χ2v) is 3.86. The van der Waals surface area contributed by atoms with Crippen molar-refractivity contribution >= 4 is 27.8 Å². The molecule has 0 saturated heterocycles. The molecule has 0 aromatic carbocycles. The molecule has 0 spiro atoms. The van der Waals surface area contributed by atoms with Crippen molar-refractivity contribution in [3.8, 4) is 0 Å². The molecule has 0 bridgehead atoms. The molecule has 0 unspecified atom stereocenters. The summed E-state index contributed by atoms with van der Waals surface area (Å²) in [5.41, 5.74) is 0.432. The van der Waals surface area contributed by atoms with Gasteiger partial charge in [0.1, 0.15) is 5.15 Å². The average Bonchev–Trinajstić information content (AvgIpc) is 2.01. The van der Waals surface area contributed by atoms with Crippen molar-refractivity contribution in [2.24, 2.45) is 0 Å². The first-order valence-corrected chi connectivity index (χ1v) is 5.13. The molecule has 1 rings (SSSR count). The first-order chi connectivity index (χ1) is 5.99. The molecule has 0 aliphatic rings. The fraction of sp³-hybridized carbons (Fsp3) is 0. The maximum absolute atomic E-state index is 10.3. The molecule has 0 amide bonds. The summed E-state index contributed by atoms with van der Waals surface area (Å²) >= 11 is 5.61. The fourth-order valence-corrected chi connectivity index (χ4v) is 1.18. The zero-order valence-electron chi connectivity index (χ0n) is 6.38. The predicted octanol–water partition coefficient (Wildman–Crippen LogP) is 1.59. The molecule has 1 aromatic heterocycles. The molecule has 0 radical (unpaired) electrons. The lowest BCUT2D eigenvalue weighted by atomic mass is 10.3. The van der Waals surface area contributed by atoms with Gasteiger partial charge >= 0.3 is 0 Å². The van der Waals surface area contributed by atoms with Gasteiger partial charge in [0.25, 0.3) is 10.1 Å². The molecular weight excluding hydrogens is 214 g/mol. The molecular formula is C7H6ClNO3S. The average molecular weight is 220 g/mol. The Kier molecular flexibility index (Phi) is 3.02. The van der Waals surface area contributed by atoms with E-state index >= 15 is 0 Å². The molecule has 0 aliphatic carbocycles. The number of nitrogens with zero attached hydrogens (tertiary/aromatic N) is 1. The minimum absolute atomic E-state index is 0.183. The number of aromatic nitrogens is 1. The Morgan fingerprint density at radius 1 is 1.54 bits per heavy atom. The van der Waals surface area contributed by atoms with Gasteiger partial charge in [-0.05, 0) is 12.1 Å². The minimum Gasteiger partial charge on any atom is -0.282 e. The zero-order chi connectivity index (χ0) is 9.90. The highest BCUT2D eigenvalue weighted by Gasteiger charge is 1.98. The van der Waals surface area contributed by atoms with Crippen molar-refractivity contribution in [2.45, 2.75) is 0 Å². The van der Waals surface area contributed by atoms with Crippen molar-refractivity contribution in [1.82, 2.24) is 4.98 Å². The molecule has 0 aliphatic heterocycles. The van der Waals surface area contributed by atoms with Crippen molar-refractivity contribution in [1.29, 1.82) is 0 Å². The maximum atomic E-state index is 10.3. The van der Waals surface area contributed by atoms with Crippen LogP contribution in [0.25, 0.3) is 6.08 Å². The Bertz CT molecular complexity index is 427. The summed E-state index contributed by atoms with van der Waals surface area (Å²) in [6, 6.07) is 3.19. The number of rotatable bonds is 2. The maximum Gasteiger partial charge on any atom is 0.287 e. The van der Waals surface area contributed by atoms with Gasteiger partial charge in [0.05, 0.1) is 5.41 Å². The molecule has 0 fully saturated rings. The summed E-state index contributed by atoms with van der Waals surface area (Å²) in [6.45, 7) is 0. The van der Waals surface area contributed by atoms with Gasteiger partial charge in [-0.2, -0.15) is 8.42 Å². The first kappa shape index (κ1) is 10.2. The van der Waals surface area contributed by atoms with Crippen molar-refractivity contribution in [3.05, 3.63) is 34.5 Å². The molecule has 0 atom stereocenters. The Labute approximate surface area is 80.6 Å². The lowest BCUT2D eigenvalue weighted by molar-refractivity contribution is 0.494. The van der Waals surface area contributed by atoms with E-state index in [0.29, 0.717) is 11.0 Å². The minimum atomic E-state index is -4.11. The third-order valence-electron chi connectivity index (χ3n) is 1.21. The highest BCUT2D eigenvalue weighted by molar-refractivity contribution is 7.88. The second kappa shape index (κ2) is 3.87. The quantitative estimate of drug-likeness (QED) is 0.606. The van der Waals surface area contributed by atoms with Crippen LogP contribution in [0, 0.1) is 0 Å². The Balaban J connectivity index is 3.00. The molecule has 1 heterocycles. The van der Waals surface area contributed by atoms with Crippen molar-refractivity contribution < 1.29 is 13.0 Å². The van der Waals surface area contributed by atoms with Crippen LogP contribution in [0.2, 0.25) is 5.15 Å². The third-order valence-corrected chi connectivity index (χ3v) is 2.00. The van der Waals surface area contributed by atoms with Crippen LogP contribution in [0.15, 0.2) is 23.7 Å². The number of hydrogen-bond acceptors (Lipinski definition) is 3. The van der Waals surface area contributed by atoms with E-state index in [0.717, 1.165) is 0 Å². The number of pyridine rings is 1. The van der Waals surface area contributed by atoms with Gasteiger partial charge in [0.2, 0.25) is 0 Å². The SMILES string of the molecule is O=S(=O)(O)/C=C/c1cccnc1Cl. The normalized spacial score (nSPS) is 12.2. The van der Waals surface area contributed by atoms with Crippen LogP contribution < -0.4 is 0 Å². The number of hydrogen-bond donors (Lipinski definition) is 1. The van der Waals surface area contributed by atoms with Crippen LogP contribution in [-0.2, 0) is 10.1 Å². The van der Waals surface area contributed by atoms with E-state index in [-0.39, 0.29) is 5.15 Å². The van der Waals surface area contributed by atoms with Crippen LogP contribution in [0.4, 0.5) is 0 Å². The summed E-state index contributed by atoms with van der Waals surface area (Å²) in [5.74, 6) is 0. The monoisotopic (exact) mass is 219 g/mol. The second-order valence-electron chi connectivity index (χ2n) is 2.20. The van der Waals surface area contributed by atoms with E-state index in [2.05, 4.69) is 4.98 Å². The number of halogens is 1. The van der Waals surface area contributed by atoms with Gasteiger partial charge in [-0.15, -0.1) is 0 Å². The van der Waals surface area contributed by atoms with Gasteiger partial charge in [0, 0.05) is 11.8 Å². The molecule has 1 N–H and O–H groups in total. The van der Waals surface area contributed by atoms with E-state index < -0.39 is 10.1 Å². The molecule has 0 saturated carbocycles. The third kappa shape index (κ3) is 3.54. The van der Waals surface area contributed by atoms with Gasteiger partial charge in [-0.1, -0.05) is 17.7 Å². The van der Waals surface area contributed by atoms with Crippen molar-refractivity contribution in [3.63, 3.8) is 0 Å². The van der Waals surface area contributed by atoms with Crippen LogP contribution in [-0.4, -0.2) is 18.0 Å². The van der Waals surface area contributed by atoms with Gasteiger partial charge in [-0.3, -0.25) is 4.55 Å². The van der Waals surface area contributed by atoms with E-state index in [9.17, 15) is 8.42 Å². The smallest absolute Gasteiger partial charge is 0.282 e. The molecule has 6 heteroatoms.